The van der Waals surface area contributed by atoms with E-state index in [4.69, 9.17) is 0 Å². The Labute approximate surface area is 88.4 Å². The van der Waals surface area contributed by atoms with Gasteiger partial charge in [-0.05, 0) is 24.3 Å². The molecule has 4 nitrogen and oxygen atoms in total. The third-order valence-electron chi connectivity index (χ3n) is 1.68. The Bertz CT molecular complexity index is 348. The van der Waals surface area contributed by atoms with Crippen LogP contribution >= 0.6 is 0 Å². The summed E-state index contributed by atoms with van der Waals surface area (Å²) in [6.45, 7) is 1.45. The van der Waals surface area contributed by atoms with Gasteiger partial charge in [0.05, 0.1) is 0 Å². The molecule has 2 heterocycles. The molecule has 0 aromatic carbocycles. The lowest BCUT2D eigenvalue weighted by atomic mass is 10.4. The summed E-state index contributed by atoms with van der Waals surface area (Å²) in [6, 6.07) is 11.1. The molecule has 0 fully saturated rings. The Morgan fingerprint density at radius 2 is 1.33 bits per heavy atom. The van der Waals surface area contributed by atoms with Crippen LogP contribution in [0.2, 0.25) is 0 Å². The number of hydrogen-bond acceptors (Lipinski definition) is 2. The summed E-state index contributed by atoms with van der Waals surface area (Å²) in [6.07, 6.45) is 3.38. The standard InChI is InChI=1S/C11H9N4/c1-3-7-12-10(5-1)14-9-15-11-6-2-4-8-13-11/h1-9H. The molecule has 2 aromatic rings. The van der Waals surface area contributed by atoms with Crippen molar-refractivity contribution in [1.29, 1.82) is 0 Å². The van der Waals surface area contributed by atoms with Gasteiger partial charge in [0.2, 0.25) is 0 Å². The zero-order valence-corrected chi connectivity index (χ0v) is 7.99. The molecule has 4 heteroatoms. The number of aromatic nitrogens is 2. The molecule has 0 N–H and O–H groups in total. The van der Waals surface area contributed by atoms with Crippen molar-refractivity contribution in [2.75, 3.05) is 0 Å². The molecule has 0 unspecified atom stereocenters. The Balaban J connectivity index is 1.81. The number of rotatable bonds is 4. The van der Waals surface area contributed by atoms with Crippen LogP contribution in [-0.2, 0) is 0 Å². The Morgan fingerprint density at radius 3 is 1.73 bits per heavy atom. The smallest absolute Gasteiger partial charge is 0.186 e. The van der Waals surface area contributed by atoms with E-state index < -0.39 is 0 Å². The van der Waals surface area contributed by atoms with Crippen molar-refractivity contribution in [1.82, 2.24) is 20.6 Å². The summed E-state index contributed by atoms with van der Waals surface area (Å²) < 4.78 is 0. The highest BCUT2D eigenvalue weighted by molar-refractivity contribution is 5.28. The van der Waals surface area contributed by atoms with Gasteiger partial charge in [0, 0.05) is 12.4 Å². The molecule has 0 saturated heterocycles. The largest absolute Gasteiger partial charge is 0.237 e. The topological polar surface area (TPSA) is 54.0 Å². The van der Waals surface area contributed by atoms with E-state index in [0.29, 0.717) is 11.6 Å². The van der Waals surface area contributed by atoms with Gasteiger partial charge >= 0.3 is 0 Å². The van der Waals surface area contributed by atoms with Gasteiger partial charge in [-0.15, -0.1) is 0 Å². The molecule has 2 aromatic heterocycles. The van der Waals surface area contributed by atoms with Gasteiger partial charge in [-0.2, -0.15) is 0 Å². The second kappa shape index (κ2) is 4.95. The molecular weight excluding hydrogens is 188 g/mol. The third kappa shape index (κ3) is 2.95. The van der Waals surface area contributed by atoms with Crippen LogP contribution in [0.1, 0.15) is 0 Å². The average Bonchev–Trinajstić information content (AvgIpc) is 2.32. The maximum absolute atomic E-state index is 4.06. The zero-order valence-electron chi connectivity index (χ0n) is 7.99. The minimum atomic E-state index is 0.636. The van der Waals surface area contributed by atoms with E-state index in [1.807, 2.05) is 36.4 Å². The van der Waals surface area contributed by atoms with Crippen LogP contribution in [-0.4, -0.2) is 9.97 Å². The second-order valence-corrected chi connectivity index (χ2v) is 2.75. The zero-order chi connectivity index (χ0) is 10.3. The fraction of sp³-hybridized carbons (Fsp3) is 0. The maximum Gasteiger partial charge on any atom is 0.186 e. The van der Waals surface area contributed by atoms with E-state index in [1.54, 1.807) is 12.4 Å². The van der Waals surface area contributed by atoms with Gasteiger partial charge in [-0.3, -0.25) is 0 Å². The fourth-order valence-electron chi connectivity index (χ4n) is 1.01. The van der Waals surface area contributed by atoms with E-state index in [1.165, 1.54) is 6.67 Å². The number of nitrogens with zero attached hydrogens (tertiary/aromatic N) is 4. The predicted molar refractivity (Wildman–Crippen MR) is 56.4 cm³/mol. The molecule has 15 heavy (non-hydrogen) atoms. The molecule has 0 amide bonds. The first-order valence-corrected chi connectivity index (χ1v) is 4.50. The van der Waals surface area contributed by atoms with Crippen LogP contribution in [0.3, 0.4) is 0 Å². The van der Waals surface area contributed by atoms with Gasteiger partial charge < -0.3 is 0 Å². The monoisotopic (exact) mass is 197 g/mol. The molecule has 0 saturated carbocycles. The van der Waals surface area contributed by atoms with Crippen molar-refractivity contribution < 1.29 is 0 Å². The van der Waals surface area contributed by atoms with Crippen molar-refractivity contribution in [3.05, 3.63) is 55.5 Å². The number of pyridine rings is 2. The lowest BCUT2D eigenvalue weighted by Gasteiger charge is -2.00. The first kappa shape index (κ1) is 9.45. The Kier molecular flexibility index (Phi) is 3.12. The molecule has 0 atom stereocenters. The fourth-order valence-corrected chi connectivity index (χ4v) is 1.01. The summed E-state index contributed by atoms with van der Waals surface area (Å²) in [4.78, 5) is 8.06. The first-order valence-electron chi connectivity index (χ1n) is 4.50. The molecule has 2 rings (SSSR count). The quantitative estimate of drug-likeness (QED) is 0.750. The molecule has 0 bridgehead atoms. The highest BCUT2D eigenvalue weighted by Gasteiger charge is 1.96. The van der Waals surface area contributed by atoms with Crippen LogP contribution in [0.4, 0.5) is 11.6 Å². The van der Waals surface area contributed by atoms with E-state index in [9.17, 15) is 0 Å². The van der Waals surface area contributed by atoms with Gasteiger partial charge in [0.25, 0.3) is 0 Å². The van der Waals surface area contributed by atoms with E-state index >= 15 is 0 Å². The summed E-state index contributed by atoms with van der Waals surface area (Å²) >= 11 is 0. The molecule has 0 aliphatic rings. The normalized spacial score (nSPS) is 9.60. The molecular formula is C11H9N4. The Morgan fingerprint density at radius 1 is 0.800 bits per heavy atom. The van der Waals surface area contributed by atoms with Crippen molar-refractivity contribution >= 4 is 11.6 Å². The minimum Gasteiger partial charge on any atom is -0.237 e. The van der Waals surface area contributed by atoms with Crippen molar-refractivity contribution in [2.45, 2.75) is 0 Å². The van der Waals surface area contributed by atoms with Crippen LogP contribution in [0, 0.1) is 6.67 Å². The summed E-state index contributed by atoms with van der Waals surface area (Å²) in [5, 5.41) is 8.12. The highest BCUT2D eigenvalue weighted by atomic mass is 15.1. The molecule has 0 aliphatic heterocycles. The maximum atomic E-state index is 4.06. The van der Waals surface area contributed by atoms with Crippen molar-refractivity contribution in [3.8, 4) is 0 Å². The lowest BCUT2D eigenvalue weighted by molar-refractivity contribution is 0.854. The summed E-state index contributed by atoms with van der Waals surface area (Å²) in [5.74, 6) is 1.27. The molecule has 73 valence electrons. The third-order valence-corrected chi connectivity index (χ3v) is 1.68. The second-order valence-electron chi connectivity index (χ2n) is 2.75. The molecule has 0 spiro atoms. The predicted octanol–water partition coefficient (Wildman–Crippen LogP) is 1.77. The lowest BCUT2D eigenvalue weighted by Crippen LogP contribution is -2.04. The Hall–Kier alpha value is -2.10. The van der Waals surface area contributed by atoms with Crippen LogP contribution in [0.25, 0.3) is 0 Å². The van der Waals surface area contributed by atoms with Gasteiger partial charge in [-0.1, -0.05) is 12.1 Å². The average molecular weight is 197 g/mol. The highest BCUT2D eigenvalue weighted by Crippen LogP contribution is 2.04. The minimum absolute atomic E-state index is 0.636. The van der Waals surface area contributed by atoms with E-state index in [0.717, 1.165) is 0 Å². The van der Waals surface area contributed by atoms with Gasteiger partial charge in [0.15, 0.2) is 6.67 Å². The van der Waals surface area contributed by atoms with E-state index in [-0.39, 0.29) is 0 Å². The van der Waals surface area contributed by atoms with Gasteiger partial charge in [-0.25, -0.2) is 20.6 Å². The summed E-state index contributed by atoms with van der Waals surface area (Å²) in [5.41, 5.74) is 0. The van der Waals surface area contributed by atoms with Crippen molar-refractivity contribution in [2.24, 2.45) is 0 Å². The van der Waals surface area contributed by atoms with Crippen molar-refractivity contribution in [3.63, 3.8) is 0 Å². The van der Waals surface area contributed by atoms with Crippen LogP contribution in [0.5, 0.6) is 0 Å². The van der Waals surface area contributed by atoms with Crippen LogP contribution in [0.15, 0.2) is 48.8 Å². The van der Waals surface area contributed by atoms with Crippen LogP contribution < -0.4 is 10.6 Å². The first-order chi connectivity index (χ1) is 7.45. The number of hydrogen-bond donors (Lipinski definition) is 0. The SMILES string of the molecule is [CH]([N]c1ccccn1)[N]c1ccccn1. The summed E-state index contributed by atoms with van der Waals surface area (Å²) in [7, 11) is 0. The van der Waals surface area contributed by atoms with E-state index in [2.05, 4.69) is 20.6 Å². The molecule has 3 radical (unpaired) electrons. The molecule has 0 aliphatic carbocycles. The van der Waals surface area contributed by atoms with Gasteiger partial charge in [0.1, 0.15) is 11.6 Å².